The van der Waals surface area contributed by atoms with E-state index in [2.05, 4.69) is 0 Å². The normalized spacial score (nSPS) is 26.5. The van der Waals surface area contributed by atoms with Gasteiger partial charge in [-0.25, -0.2) is 0 Å². The molecule has 1 aromatic heterocycles. The quantitative estimate of drug-likeness (QED) is 0.725. The van der Waals surface area contributed by atoms with E-state index in [-0.39, 0.29) is 11.5 Å². The fourth-order valence-electron chi connectivity index (χ4n) is 3.02. The monoisotopic (exact) mass is 232 g/mol. The Labute approximate surface area is 99.9 Å². The third-order valence-electron chi connectivity index (χ3n) is 4.02. The average molecular weight is 232 g/mol. The Morgan fingerprint density at radius 2 is 2.24 bits per heavy atom. The van der Waals surface area contributed by atoms with Gasteiger partial charge in [0.2, 0.25) is 0 Å². The van der Waals surface area contributed by atoms with E-state index in [0.717, 1.165) is 19.4 Å². The highest BCUT2D eigenvalue weighted by atomic mass is 16.2. The number of nitrogens with zero attached hydrogens (tertiary/aromatic N) is 2. The molecule has 2 fully saturated rings. The first-order valence-corrected chi connectivity index (χ1v) is 6.13. The molecule has 2 atom stereocenters. The van der Waals surface area contributed by atoms with Crippen molar-refractivity contribution in [2.24, 2.45) is 13.0 Å². The Kier molecular flexibility index (Phi) is 2.31. The molecule has 2 heterocycles. The first-order valence-electron chi connectivity index (χ1n) is 6.13. The molecule has 0 spiro atoms. The van der Waals surface area contributed by atoms with Crippen LogP contribution in [-0.2, 0) is 7.05 Å². The number of pyridine rings is 1. The van der Waals surface area contributed by atoms with Crippen LogP contribution in [0, 0.1) is 5.92 Å². The zero-order valence-electron chi connectivity index (χ0n) is 9.93. The van der Waals surface area contributed by atoms with Crippen LogP contribution < -0.4 is 5.56 Å². The lowest BCUT2D eigenvalue weighted by atomic mass is 10.1. The van der Waals surface area contributed by atoms with E-state index in [0.29, 0.717) is 17.5 Å². The summed E-state index contributed by atoms with van der Waals surface area (Å²) >= 11 is 0. The molecule has 1 aliphatic carbocycles. The van der Waals surface area contributed by atoms with Gasteiger partial charge in [0.1, 0.15) is 0 Å². The summed E-state index contributed by atoms with van der Waals surface area (Å²) in [7, 11) is 1.69. The number of amides is 1. The molecule has 1 saturated carbocycles. The molecular weight excluding hydrogens is 216 g/mol. The van der Waals surface area contributed by atoms with Gasteiger partial charge in [0.25, 0.3) is 11.5 Å². The van der Waals surface area contributed by atoms with Crippen molar-refractivity contribution in [1.29, 1.82) is 0 Å². The van der Waals surface area contributed by atoms with E-state index in [9.17, 15) is 9.59 Å². The summed E-state index contributed by atoms with van der Waals surface area (Å²) in [6.45, 7) is 0.874. The van der Waals surface area contributed by atoms with Crippen LogP contribution in [0.3, 0.4) is 0 Å². The SMILES string of the molecule is Cn1ccc(C(=O)N2CC3CCC2C3)cc1=O. The second-order valence-electron chi connectivity index (χ2n) is 5.15. The zero-order chi connectivity index (χ0) is 12.0. The van der Waals surface area contributed by atoms with Gasteiger partial charge >= 0.3 is 0 Å². The Bertz CT molecular complexity index is 520. The fraction of sp³-hybridized carbons (Fsp3) is 0.538. The smallest absolute Gasteiger partial charge is 0.254 e. The third kappa shape index (κ3) is 1.68. The van der Waals surface area contributed by atoms with Gasteiger partial charge in [-0.1, -0.05) is 0 Å². The second-order valence-corrected chi connectivity index (χ2v) is 5.15. The lowest BCUT2D eigenvalue weighted by Crippen LogP contribution is -2.38. The molecule has 0 N–H and O–H groups in total. The van der Waals surface area contributed by atoms with Gasteiger partial charge in [-0.05, 0) is 31.2 Å². The average Bonchev–Trinajstić information content (AvgIpc) is 2.93. The Morgan fingerprint density at radius 3 is 2.82 bits per heavy atom. The standard InChI is InChI=1S/C13H16N2O2/c1-14-5-4-10(7-12(14)16)13(17)15-8-9-2-3-11(15)6-9/h4-5,7,9,11H,2-3,6,8H2,1H3. The van der Waals surface area contributed by atoms with Crippen molar-refractivity contribution < 1.29 is 4.79 Å². The molecule has 3 rings (SSSR count). The summed E-state index contributed by atoms with van der Waals surface area (Å²) < 4.78 is 1.48. The summed E-state index contributed by atoms with van der Waals surface area (Å²) in [6.07, 6.45) is 5.19. The maximum Gasteiger partial charge on any atom is 0.254 e. The van der Waals surface area contributed by atoms with Crippen molar-refractivity contribution >= 4 is 5.91 Å². The minimum absolute atomic E-state index is 0.0231. The fourth-order valence-corrected chi connectivity index (χ4v) is 3.02. The molecule has 1 amide bonds. The van der Waals surface area contributed by atoms with Gasteiger partial charge in [0, 0.05) is 37.5 Å². The number of fused-ring (bicyclic) bond motifs is 2. The molecule has 2 bridgehead atoms. The number of likely N-dealkylation sites (tertiary alicyclic amines) is 1. The number of piperidine rings is 1. The van der Waals surface area contributed by atoms with Gasteiger partial charge < -0.3 is 9.47 Å². The topological polar surface area (TPSA) is 42.3 Å². The minimum Gasteiger partial charge on any atom is -0.335 e. The summed E-state index contributed by atoms with van der Waals surface area (Å²) in [5.41, 5.74) is 0.404. The number of hydrogen-bond donors (Lipinski definition) is 0. The summed E-state index contributed by atoms with van der Waals surface area (Å²) in [5, 5.41) is 0. The van der Waals surface area contributed by atoms with Crippen LogP contribution in [0.5, 0.6) is 0 Å². The highest BCUT2D eigenvalue weighted by Gasteiger charge is 2.40. The van der Waals surface area contributed by atoms with Crippen LogP contribution >= 0.6 is 0 Å². The van der Waals surface area contributed by atoms with Gasteiger partial charge in [0.05, 0.1) is 0 Å². The lowest BCUT2D eigenvalue weighted by molar-refractivity contribution is 0.0703. The van der Waals surface area contributed by atoms with E-state index >= 15 is 0 Å². The maximum absolute atomic E-state index is 12.3. The van der Waals surface area contributed by atoms with Crippen molar-refractivity contribution in [2.45, 2.75) is 25.3 Å². The predicted octanol–water partition coefficient (Wildman–Crippen LogP) is 1.01. The maximum atomic E-state index is 12.3. The van der Waals surface area contributed by atoms with E-state index in [1.54, 1.807) is 19.3 Å². The first kappa shape index (κ1) is 10.6. The number of carbonyl (C=O) groups excluding carboxylic acids is 1. The summed E-state index contributed by atoms with van der Waals surface area (Å²) in [4.78, 5) is 25.7. The number of aryl methyl sites for hydroxylation is 1. The lowest BCUT2D eigenvalue weighted by Gasteiger charge is -2.27. The van der Waals surface area contributed by atoms with Crippen LogP contribution in [0.2, 0.25) is 0 Å². The molecule has 17 heavy (non-hydrogen) atoms. The predicted molar refractivity (Wildman–Crippen MR) is 63.8 cm³/mol. The Morgan fingerprint density at radius 1 is 1.41 bits per heavy atom. The number of hydrogen-bond acceptors (Lipinski definition) is 2. The van der Waals surface area contributed by atoms with Crippen LogP contribution in [-0.4, -0.2) is 28.0 Å². The van der Waals surface area contributed by atoms with E-state index < -0.39 is 0 Å². The first-order chi connectivity index (χ1) is 8.15. The number of aromatic nitrogens is 1. The number of rotatable bonds is 1. The molecular formula is C13H16N2O2. The van der Waals surface area contributed by atoms with Crippen molar-refractivity contribution in [2.75, 3.05) is 6.54 Å². The van der Waals surface area contributed by atoms with Gasteiger partial charge in [-0.15, -0.1) is 0 Å². The zero-order valence-corrected chi connectivity index (χ0v) is 9.93. The minimum atomic E-state index is -0.125. The molecule has 2 aliphatic rings. The molecule has 0 aromatic carbocycles. The van der Waals surface area contributed by atoms with Gasteiger partial charge in [0.15, 0.2) is 0 Å². The summed E-state index contributed by atoms with van der Waals surface area (Å²) in [5.74, 6) is 0.713. The highest BCUT2D eigenvalue weighted by molar-refractivity contribution is 5.94. The van der Waals surface area contributed by atoms with Crippen LogP contribution in [0.4, 0.5) is 0 Å². The van der Waals surface area contributed by atoms with Crippen LogP contribution in [0.25, 0.3) is 0 Å². The summed E-state index contributed by atoms with van der Waals surface area (Å²) in [6, 6.07) is 3.58. The van der Waals surface area contributed by atoms with E-state index in [1.807, 2.05) is 4.90 Å². The Hall–Kier alpha value is -1.58. The largest absolute Gasteiger partial charge is 0.335 e. The second kappa shape index (κ2) is 3.72. The van der Waals surface area contributed by atoms with Crippen LogP contribution in [0.1, 0.15) is 29.6 Å². The highest BCUT2D eigenvalue weighted by Crippen LogP contribution is 2.37. The van der Waals surface area contributed by atoms with Crippen molar-refractivity contribution in [1.82, 2.24) is 9.47 Å². The number of carbonyl (C=O) groups is 1. The van der Waals surface area contributed by atoms with Crippen molar-refractivity contribution in [3.05, 3.63) is 34.2 Å². The molecule has 1 aliphatic heterocycles. The third-order valence-corrected chi connectivity index (χ3v) is 4.02. The molecule has 90 valence electrons. The molecule has 4 heteroatoms. The van der Waals surface area contributed by atoms with Crippen molar-refractivity contribution in [3.8, 4) is 0 Å². The molecule has 0 radical (unpaired) electrons. The molecule has 2 unspecified atom stereocenters. The van der Waals surface area contributed by atoms with E-state index in [4.69, 9.17) is 0 Å². The van der Waals surface area contributed by atoms with E-state index in [1.165, 1.54) is 17.1 Å². The van der Waals surface area contributed by atoms with Crippen molar-refractivity contribution in [3.63, 3.8) is 0 Å². The molecule has 1 aromatic rings. The van der Waals surface area contributed by atoms with Gasteiger partial charge in [-0.2, -0.15) is 0 Å². The van der Waals surface area contributed by atoms with Crippen LogP contribution in [0.15, 0.2) is 23.1 Å². The molecule has 4 nitrogen and oxygen atoms in total. The van der Waals surface area contributed by atoms with Gasteiger partial charge in [-0.3, -0.25) is 9.59 Å². The Balaban J connectivity index is 1.87. The molecule has 1 saturated heterocycles.